The van der Waals surface area contributed by atoms with Gasteiger partial charge in [0.05, 0.1) is 6.42 Å². The zero-order valence-corrected chi connectivity index (χ0v) is 8.43. The molecule has 0 fully saturated rings. The number of carboxylic acid groups (broad SMARTS) is 1. The van der Waals surface area contributed by atoms with Gasteiger partial charge < -0.3 is 10.1 Å². The van der Waals surface area contributed by atoms with Crippen molar-refractivity contribution in [3.8, 4) is 0 Å². The number of aliphatic carboxylic acids is 1. The summed E-state index contributed by atoms with van der Waals surface area (Å²) in [5, 5.41) is 9.23. The molecule has 0 aliphatic heterocycles. The maximum Gasteiger partial charge on any atom is 0.303 e. The number of nitrogens with zero attached hydrogens (tertiary/aromatic N) is 1. The molecule has 5 nitrogen and oxygen atoms in total. The van der Waals surface area contributed by atoms with E-state index in [0.717, 1.165) is 10.9 Å². The first kappa shape index (κ1) is 10.4. The molecular weight excluding hydrogens is 208 g/mol. The third-order valence-corrected chi connectivity index (χ3v) is 2.35. The predicted octanol–water partition coefficient (Wildman–Crippen LogP) is 1.61. The fourth-order valence-electron chi connectivity index (χ4n) is 1.55. The predicted molar refractivity (Wildman–Crippen MR) is 57.3 cm³/mol. The SMILES string of the molecule is O=C(O)CCC(=O)c1c[nH]c2ccncc12. The summed E-state index contributed by atoms with van der Waals surface area (Å²) in [6.07, 6.45) is 4.68. The Labute approximate surface area is 91.1 Å². The van der Waals surface area contributed by atoms with Crippen molar-refractivity contribution in [1.29, 1.82) is 0 Å². The molecule has 82 valence electrons. The molecule has 0 saturated heterocycles. The van der Waals surface area contributed by atoms with Gasteiger partial charge in [0.2, 0.25) is 0 Å². The second-order valence-electron chi connectivity index (χ2n) is 3.44. The van der Waals surface area contributed by atoms with Gasteiger partial charge in [0.25, 0.3) is 0 Å². The number of Topliss-reactive ketones (excluding diaryl/α,β-unsaturated/α-hetero) is 1. The van der Waals surface area contributed by atoms with Crippen LogP contribution in [0.5, 0.6) is 0 Å². The molecule has 5 heteroatoms. The second kappa shape index (κ2) is 4.14. The van der Waals surface area contributed by atoms with Gasteiger partial charge in [-0.05, 0) is 6.07 Å². The first-order valence-electron chi connectivity index (χ1n) is 4.84. The molecule has 0 atom stereocenters. The van der Waals surface area contributed by atoms with E-state index in [9.17, 15) is 9.59 Å². The molecular formula is C11H10N2O3. The van der Waals surface area contributed by atoms with Crippen LogP contribution in [0, 0.1) is 0 Å². The Morgan fingerprint density at radius 3 is 2.94 bits per heavy atom. The van der Waals surface area contributed by atoms with Gasteiger partial charge >= 0.3 is 5.97 Å². The van der Waals surface area contributed by atoms with E-state index in [0.29, 0.717) is 5.56 Å². The lowest BCUT2D eigenvalue weighted by Gasteiger charge is -1.96. The number of carbonyl (C=O) groups excluding carboxylic acids is 1. The largest absolute Gasteiger partial charge is 0.481 e. The normalized spacial score (nSPS) is 10.5. The third kappa shape index (κ3) is 1.93. The zero-order valence-electron chi connectivity index (χ0n) is 8.43. The van der Waals surface area contributed by atoms with Crippen LogP contribution in [-0.4, -0.2) is 26.8 Å². The molecule has 2 N–H and O–H groups in total. The van der Waals surface area contributed by atoms with Crippen LogP contribution in [0.1, 0.15) is 23.2 Å². The van der Waals surface area contributed by atoms with Crippen LogP contribution in [-0.2, 0) is 4.79 Å². The number of nitrogens with one attached hydrogen (secondary N) is 1. The molecule has 0 spiro atoms. The van der Waals surface area contributed by atoms with Gasteiger partial charge in [-0.1, -0.05) is 0 Å². The van der Waals surface area contributed by atoms with E-state index in [4.69, 9.17) is 5.11 Å². The van der Waals surface area contributed by atoms with E-state index in [1.54, 1.807) is 24.7 Å². The first-order chi connectivity index (χ1) is 7.68. The molecule has 0 aliphatic carbocycles. The number of pyridine rings is 1. The highest BCUT2D eigenvalue weighted by Gasteiger charge is 2.13. The number of H-pyrrole nitrogens is 1. The standard InChI is InChI=1S/C11H10N2O3/c14-10(1-2-11(15)16)8-6-13-9-3-4-12-5-7(8)9/h3-6,13H,1-2H2,(H,15,16). The Balaban J connectivity index is 2.26. The van der Waals surface area contributed by atoms with Crippen molar-refractivity contribution in [2.45, 2.75) is 12.8 Å². The molecule has 0 bridgehead atoms. The van der Waals surface area contributed by atoms with Crippen LogP contribution in [0.4, 0.5) is 0 Å². The minimum absolute atomic E-state index is 0.0111. The smallest absolute Gasteiger partial charge is 0.303 e. The lowest BCUT2D eigenvalue weighted by atomic mass is 10.1. The molecule has 2 heterocycles. The summed E-state index contributed by atoms with van der Waals surface area (Å²) >= 11 is 0. The quantitative estimate of drug-likeness (QED) is 0.763. The van der Waals surface area contributed by atoms with Gasteiger partial charge in [0, 0.05) is 41.5 Å². The number of hydrogen-bond acceptors (Lipinski definition) is 3. The van der Waals surface area contributed by atoms with E-state index >= 15 is 0 Å². The monoisotopic (exact) mass is 218 g/mol. The highest BCUT2D eigenvalue weighted by Crippen LogP contribution is 2.18. The number of rotatable bonds is 4. The van der Waals surface area contributed by atoms with E-state index in [1.807, 2.05) is 0 Å². The molecule has 0 radical (unpaired) electrons. The van der Waals surface area contributed by atoms with Crippen molar-refractivity contribution in [3.63, 3.8) is 0 Å². The second-order valence-corrected chi connectivity index (χ2v) is 3.44. The van der Waals surface area contributed by atoms with E-state index < -0.39 is 5.97 Å². The summed E-state index contributed by atoms with van der Waals surface area (Å²) in [7, 11) is 0. The van der Waals surface area contributed by atoms with Crippen molar-refractivity contribution < 1.29 is 14.7 Å². The van der Waals surface area contributed by atoms with E-state index in [-0.39, 0.29) is 18.6 Å². The van der Waals surface area contributed by atoms with Gasteiger partial charge in [0.1, 0.15) is 0 Å². The Morgan fingerprint density at radius 1 is 1.38 bits per heavy atom. The zero-order chi connectivity index (χ0) is 11.5. The maximum absolute atomic E-state index is 11.7. The fourth-order valence-corrected chi connectivity index (χ4v) is 1.55. The van der Waals surface area contributed by atoms with E-state index in [1.165, 1.54) is 0 Å². The molecule has 0 amide bonds. The van der Waals surface area contributed by atoms with Crippen LogP contribution in [0.3, 0.4) is 0 Å². The van der Waals surface area contributed by atoms with Crippen LogP contribution >= 0.6 is 0 Å². The van der Waals surface area contributed by atoms with Crippen LogP contribution < -0.4 is 0 Å². The number of aromatic nitrogens is 2. The molecule has 0 aliphatic rings. The highest BCUT2D eigenvalue weighted by molar-refractivity contribution is 6.08. The summed E-state index contributed by atoms with van der Waals surface area (Å²) in [6, 6.07) is 1.77. The van der Waals surface area contributed by atoms with Gasteiger partial charge in [0.15, 0.2) is 5.78 Å². The molecule has 0 aromatic carbocycles. The minimum atomic E-state index is -0.966. The third-order valence-electron chi connectivity index (χ3n) is 2.35. The van der Waals surface area contributed by atoms with Gasteiger partial charge in [-0.3, -0.25) is 14.6 Å². The molecule has 0 saturated carbocycles. The van der Waals surface area contributed by atoms with Gasteiger partial charge in [-0.2, -0.15) is 0 Å². The average molecular weight is 218 g/mol. The lowest BCUT2D eigenvalue weighted by Crippen LogP contribution is -2.03. The van der Waals surface area contributed by atoms with Gasteiger partial charge in [-0.15, -0.1) is 0 Å². The molecule has 2 aromatic rings. The fraction of sp³-hybridized carbons (Fsp3) is 0.182. The van der Waals surface area contributed by atoms with Crippen LogP contribution in [0.25, 0.3) is 10.9 Å². The Morgan fingerprint density at radius 2 is 2.19 bits per heavy atom. The molecule has 2 aromatic heterocycles. The number of carbonyl (C=O) groups is 2. The van der Waals surface area contributed by atoms with Crippen molar-refractivity contribution in [1.82, 2.24) is 9.97 Å². The number of hydrogen-bond donors (Lipinski definition) is 2. The molecule has 0 unspecified atom stereocenters. The van der Waals surface area contributed by atoms with Crippen LogP contribution in [0.15, 0.2) is 24.7 Å². The Hall–Kier alpha value is -2.17. The van der Waals surface area contributed by atoms with Crippen molar-refractivity contribution in [2.75, 3.05) is 0 Å². The number of ketones is 1. The Kier molecular flexibility index (Phi) is 2.68. The summed E-state index contributed by atoms with van der Waals surface area (Å²) in [5.41, 5.74) is 1.33. The number of fused-ring (bicyclic) bond motifs is 1. The summed E-state index contributed by atoms with van der Waals surface area (Å²) in [4.78, 5) is 29.0. The molecule has 2 rings (SSSR count). The summed E-state index contributed by atoms with van der Waals surface area (Å²) in [5.74, 6) is -1.15. The maximum atomic E-state index is 11.7. The molecule has 16 heavy (non-hydrogen) atoms. The van der Waals surface area contributed by atoms with Gasteiger partial charge in [-0.25, -0.2) is 0 Å². The topological polar surface area (TPSA) is 83.0 Å². The van der Waals surface area contributed by atoms with Crippen molar-refractivity contribution in [3.05, 3.63) is 30.2 Å². The van der Waals surface area contributed by atoms with E-state index in [2.05, 4.69) is 9.97 Å². The van der Waals surface area contributed by atoms with Crippen molar-refractivity contribution in [2.24, 2.45) is 0 Å². The van der Waals surface area contributed by atoms with Crippen LogP contribution in [0.2, 0.25) is 0 Å². The highest BCUT2D eigenvalue weighted by atomic mass is 16.4. The first-order valence-corrected chi connectivity index (χ1v) is 4.84. The summed E-state index contributed by atoms with van der Waals surface area (Å²) in [6.45, 7) is 0. The number of carboxylic acids is 1. The minimum Gasteiger partial charge on any atom is -0.481 e. The summed E-state index contributed by atoms with van der Waals surface area (Å²) < 4.78 is 0. The average Bonchev–Trinajstić information content (AvgIpc) is 2.69. The lowest BCUT2D eigenvalue weighted by molar-refractivity contribution is -0.136. The van der Waals surface area contributed by atoms with Crippen molar-refractivity contribution >= 4 is 22.7 Å². The number of aromatic amines is 1. The Bertz CT molecular complexity index is 545.